The van der Waals surface area contributed by atoms with Crippen molar-refractivity contribution in [2.75, 3.05) is 0 Å². The van der Waals surface area contributed by atoms with Crippen molar-refractivity contribution < 1.29 is 13.6 Å². The van der Waals surface area contributed by atoms with E-state index in [1.807, 2.05) is 6.07 Å². The molecule has 6 heteroatoms. The van der Waals surface area contributed by atoms with E-state index in [1.54, 1.807) is 36.4 Å². The minimum Gasteiger partial charge on any atom is -0.422 e. The summed E-state index contributed by atoms with van der Waals surface area (Å²) in [7, 11) is 0. The van der Waals surface area contributed by atoms with Crippen molar-refractivity contribution in [2.24, 2.45) is 0 Å². The highest BCUT2D eigenvalue weighted by molar-refractivity contribution is 9.10. The van der Waals surface area contributed by atoms with Crippen molar-refractivity contribution in [3.8, 4) is 11.1 Å². The number of hydrogen-bond acceptors (Lipinski definition) is 5. The van der Waals surface area contributed by atoms with Crippen LogP contribution in [0.15, 0.2) is 71.4 Å². The van der Waals surface area contributed by atoms with Crippen LogP contribution in [0.4, 0.5) is 0 Å². The summed E-state index contributed by atoms with van der Waals surface area (Å²) in [4.78, 5) is 36.1. The minimum atomic E-state index is -0.731. The standard InChI is InChI=1S/C20H11BrO5/c1-10(22)15-8-11-3-2-4-14(18(11)26-19(15)23)16-9-12-7-13(21)5-6-17(12)25-20(16)24/h2-9H,1H3. The highest BCUT2D eigenvalue weighted by atomic mass is 79.9. The summed E-state index contributed by atoms with van der Waals surface area (Å²) in [5, 5.41) is 1.29. The topological polar surface area (TPSA) is 77.5 Å². The zero-order chi connectivity index (χ0) is 18.4. The SMILES string of the molecule is CC(=O)c1cc2cccc(-c3cc4cc(Br)ccc4oc3=O)c2oc1=O. The number of rotatable bonds is 2. The number of carbonyl (C=O) groups is 1. The second kappa shape index (κ2) is 6.07. The Morgan fingerprint density at radius 2 is 1.69 bits per heavy atom. The molecule has 0 saturated carbocycles. The van der Waals surface area contributed by atoms with Crippen LogP contribution in [0, 0.1) is 0 Å². The van der Waals surface area contributed by atoms with Gasteiger partial charge in [-0.25, -0.2) is 9.59 Å². The molecule has 0 amide bonds. The molecule has 4 rings (SSSR count). The third-order valence-corrected chi connectivity index (χ3v) is 4.62. The fourth-order valence-electron chi connectivity index (χ4n) is 2.88. The van der Waals surface area contributed by atoms with Gasteiger partial charge >= 0.3 is 11.3 Å². The van der Waals surface area contributed by atoms with Crippen molar-refractivity contribution in [3.63, 3.8) is 0 Å². The van der Waals surface area contributed by atoms with Gasteiger partial charge in [0, 0.05) is 20.8 Å². The zero-order valence-corrected chi connectivity index (χ0v) is 15.1. The second-order valence-corrected chi connectivity index (χ2v) is 6.77. The predicted molar refractivity (Wildman–Crippen MR) is 102 cm³/mol. The van der Waals surface area contributed by atoms with E-state index in [-0.39, 0.29) is 22.5 Å². The summed E-state index contributed by atoms with van der Waals surface area (Å²) in [6.07, 6.45) is 0. The molecule has 0 aliphatic rings. The normalized spacial score (nSPS) is 11.2. The lowest BCUT2D eigenvalue weighted by atomic mass is 10.0. The number of carbonyl (C=O) groups excluding carboxylic acids is 1. The van der Waals surface area contributed by atoms with E-state index in [1.165, 1.54) is 13.0 Å². The summed E-state index contributed by atoms with van der Waals surface area (Å²) in [5.74, 6) is -0.374. The fourth-order valence-corrected chi connectivity index (χ4v) is 3.26. The Balaban J connectivity index is 2.06. The molecule has 0 aliphatic carbocycles. The molecule has 5 nitrogen and oxygen atoms in total. The van der Waals surface area contributed by atoms with E-state index >= 15 is 0 Å². The summed E-state index contributed by atoms with van der Waals surface area (Å²) < 4.78 is 11.6. The highest BCUT2D eigenvalue weighted by Gasteiger charge is 2.16. The summed E-state index contributed by atoms with van der Waals surface area (Å²) in [6.45, 7) is 1.30. The molecule has 0 aliphatic heterocycles. The largest absolute Gasteiger partial charge is 0.422 e. The van der Waals surface area contributed by atoms with E-state index in [0.29, 0.717) is 16.5 Å². The Morgan fingerprint density at radius 1 is 0.885 bits per heavy atom. The van der Waals surface area contributed by atoms with E-state index in [4.69, 9.17) is 8.83 Å². The van der Waals surface area contributed by atoms with E-state index in [9.17, 15) is 14.4 Å². The van der Waals surface area contributed by atoms with Gasteiger partial charge in [0.1, 0.15) is 16.7 Å². The number of ketones is 1. The third kappa shape index (κ3) is 2.68. The molecule has 128 valence electrons. The molecular weight excluding hydrogens is 400 g/mol. The van der Waals surface area contributed by atoms with Crippen molar-refractivity contribution in [3.05, 3.63) is 79.4 Å². The smallest absolute Gasteiger partial charge is 0.347 e. The van der Waals surface area contributed by atoms with Gasteiger partial charge < -0.3 is 8.83 Å². The van der Waals surface area contributed by atoms with Crippen LogP contribution in [0.5, 0.6) is 0 Å². The lowest BCUT2D eigenvalue weighted by Crippen LogP contribution is -2.11. The average molecular weight is 411 g/mol. The van der Waals surface area contributed by atoms with Gasteiger partial charge in [-0.1, -0.05) is 34.1 Å². The van der Waals surface area contributed by atoms with Crippen molar-refractivity contribution in [2.45, 2.75) is 6.92 Å². The molecule has 0 radical (unpaired) electrons. The lowest BCUT2D eigenvalue weighted by molar-refractivity contribution is 0.101. The summed E-state index contributed by atoms with van der Waals surface area (Å²) in [6, 6.07) is 13.6. The second-order valence-electron chi connectivity index (χ2n) is 5.86. The van der Waals surface area contributed by atoms with Gasteiger partial charge in [0.2, 0.25) is 0 Å². The van der Waals surface area contributed by atoms with E-state index < -0.39 is 11.3 Å². The van der Waals surface area contributed by atoms with Crippen molar-refractivity contribution in [1.29, 1.82) is 0 Å². The van der Waals surface area contributed by atoms with Gasteiger partial charge in [0.05, 0.1) is 5.56 Å². The molecule has 0 bridgehead atoms. The molecule has 26 heavy (non-hydrogen) atoms. The number of para-hydroxylation sites is 1. The fraction of sp³-hybridized carbons (Fsp3) is 0.0500. The number of benzene rings is 2. The summed E-state index contributed by atoms with van der Waals surface area (Å²) >= 11 is 3.39. The maximum absolute atomic E-state index is 12.5. The molecule has 2 aromatic heterocycles. The Morgan fingerprint density at radius 3 is 2.46 bits per heavy atom. The highest BCUT2D eigenvalue weighted by Crippen LogP contribution is 2.29. The van der Waals surface area contributed by atoms with Gasteiger partial charge in [-0.2, -0.15) is 0 Å². The molecule has 2 aromatic carbocycles. The van der Waals surface area contributed by atoms with Crippen LogP contribution in [0.25, 0.3) is 33.1 Å². The van der Waals surface area contributed by atoms with Crippen LogP contribution < -0.4 is 11.3 Å². The maximum atomic E-state index is 12.5. The zero-order valence-electron chi connectivity index (χ0n) is 13.5. The molecule has 0 fully saturated rings. The predicted octanol–water partition coefficient (Wildman–Crippen LogP) is 4.53. The van der Waals surface area contributed by atoms with Gasteiger partial charge in [0.15, 0.2) is 5.78 Å². The first kappa shape index (κ1) is 16.5. The number of halogens is 1. The molecule has 0 spiro atoms. The van der Waals surface area contributed by atoms with Gasteiger partial charge in [-0.05, 0) is 37.3 Å². The Labute approximate surface area is 155 Å². The van der Waals surface area contributed by atoms with Crippen LogP contribution >= 0.6 is 15.9 Å². The first-order valence-corrected chi connectivity index (χ1v) is 8.55. The Kier molecular flexibility index (Phi) is 3.85. The third-order valence-electron chi connectivity index (χ3n) is 4.12. The Hall–Kier alpha value is -2.99. The van der Waals surface area contributed by atoms with Crippen molar-refractivity contribution >= 4 is 43.7 Å². The molecule has 0 N–H and O–H groups in total. The van der Waals surface area contributed by atoms with Crippen LogP contribution in [0.2, 0.25) is 0 Å². The van der Waals surface area contributed by atoms with Crippen molar-refractivity contribution in [1.82, 2.24) is 0 Å². The van der Waals surface area contributed by atoms with Crippen LogP contribution in [0.3, 0.4) is 0 Å². The Bertz CT molecular complexity index is 1310. The van der Waals surface area contributed by atoms with E-state index in [0.717, 1.165) is 9.86 Å². The molecule has 4 aromatic rings. The number of Topliss-reactive ketones (excluding diaryl/α,β-unsaturated/α-hetero) is 1. The van der Waals surface area contributed by atoms with E-state index in [2.05, 4.69) is 15.9 Å². The maximum Gasteiger partial charge on any atom is 0.347 e. The van der Waals surface area contributed by atoms with Gasteiger partial charge in [0.25, 0.3) is 0 Å². The molecule has 2 heterocycles. The van der Waals surface area contributed by atoms with Gasteiger partial charge in [-0.15, -0.1) is 0 Å². The molecular formula is C20H11BrO5. The van der Waals surface area contributed by atoms with Crippen LogP contribution in [-0.2, 0) is 0 Å². The molecule has 0 atom stereocenters. The number of hydrogen-bond donors (Lipinski definition) is 0. The first-order chi connectivity index (χ1) is 12.4. The molecule has 0 saturated heterocycles. The first-order valence-electron chi connectivity index (χ1n) is 7.75. The van der Waals surface area contributed by atoms with Gasteiger partial charge in [-0.3, -0.25) is 4.79 Å². The minimum absolute atomic E-state index is 0.0240. The average Bonchev–Trinajstić information content (AvgIpc) is 2.60. The quantitative estimate of drug-likeness (QED) is 0.358. The van der Waals surface area contributed by atoms with Crippen LogP contribution in [0.1, 0.15) is 17.3 Å². The molecule has 0 unspecified atom stereocenters. The number of fused-ring (bicyclic) bond motifs is 2. The summed E-state index contributed by atoms with van der Waals surface area (Å²) in [5.41, 5.74) is 0.122. The van der Waals surface area contributed by atoms with Crippen LogP contribution in [-0.4, -0.2) is 5.78 Å². The monoisotopic (exact) mass is 410 g/mol. The lowest BCUT2D eigenvalue weighted by Gasteiger charge is -2.06.